The molecule has 1 aromatic heterocycles. The molecule has 110 valence electrons. The molecule has 0 bridgehead atoms. The fraction of sp³-hybridized carbons (Fsp3) is 0.769. The van der Waals surface area contributed by atoms with Crippen LogP contribution in [0, 0.1) is 5.92 Å². The molecule has 3 rings (SSSR count). The Bertz CT molecular complexity index is 471. The van der Waals surface area contributed by atoms with E-state index in [0.717, 1.165) is 20.9 Å². The number of oxime groups is 1. The third kappa shape index (κ3) is 3.68. The van der Waals surface area contributed by atoms with E-state index in [4.69, 9.17) is 4.84 Å². The van der Waals surface area contributed by atoms with Crippen molar-refractivity contribution in [1.82, 2.24) is 10.2 Å². The predicted molar refractivity (Wildman–Crippen MR) is 85.9 cm³/mol. The standard InChI is InChI=1S/C13H19N3OS3/c1-18-12-14-15-13(20-12)19-8-10-7-11(16-17-10)9-5-3-2-4-6-9/h9-10H,2-8H2,1H3. The summed E-state index contributed by atoms with van der Waals surface area (Å²) in [6.07, 6.45) is 9.95. The third-order valence-electron chi connectivity index (χ3n) is 3.79. The van der Waals surface area contributed by atoms with Gasteiger partial charge in [-0.25, -0.2) is 0 Å². The molecule has 0 radical (unpaired) electrons. The average molecular weight is 330 g/mol. The van der Waals surface area contributed by atoms with Gasteiger partial charge in [0, 0.05) is 18.1 Å². The highest BCUT2D eigenvalue weighted by atomic mass is 32.2. The summed E-state index contributed by atoms with van der Waals surface area (Å²) in [5.74, 6) is 1.60. The summed E-state index contributed by atoms with van der Waals surface area (Å²) in [5, 5.41) is 12.6. The van der Waals surface area contributed by atoms with Gasteiger partial charge in [-0.15, -0.1) is 10.2 Å². The smallest absolute Gasteiger partial charge is 0.175 e. The molecule has 1 saturated carbocycles. The molecule has 1 aliphatic heterocycles. The van der Waals surface area contributed by atoms with E-state index in [9.17, 15) is 0 Å². The molecule has 1 unspecified atom stereocenters. The van der Waals surface area contributed by atoms with Crippen molar-refractivity contribution >= 4 is 40.6 Å². The average Bonchev–Trinajstić information content (AvgIpc) is 3.15. The lowest BCUT2D eigenvalue weighted by molar-refractivity contribution is 0.103. The van der Waals surface area contributed by atoms with Gasteiger partial charge in [0.15, 0.2) is 8.68 Å². The Morgan fingerprint density at radius 1 is 1.20 bits per heavy atom. The van der Waals surface area contributed by atoms with Gasteiger partial charge < -0.3 is 4.84 Å². The molecule has 1 fully saturated rings. The third-order valence-corrected chi connectivity index (χ3v) is 6.95. The molecule has 1 aromatic rings. The first-order chi connectivity index (χ1) is 9.85. The van der Waals surface area contributed by atoms with Crippen molar-refractivity contribution in [1.29, 1.82) is 0 Å². The topological polar surface area (TPSA) is 47.4 Å². The lowest BCUT2D eigenvalue weighted by Crippen LogP contribution is -2.19. The van der Waals surface area contributed by atoms with Crippen LogP contribution in [0.25, 0.3) is 0 Å². The first kappa shape index (κ1) is 14.7. The van der Waals surface area contributed by atoms with Crippen LogP contribution in [0.1, 0.15) is 38.5 Å². The fourth-order valence-corrected chi connectivity index (χ4v) is 5.16. The minimum atomic E-state index is 0.221. The first-order valence-corrected chi connectivity index (χ1v) is 10.1. The van der Waals surface area contributed by atoms with E-state index in [-0.39, 0.29) is 6.10 Å². The SMILES string of the molecule is CSc1nnc(SCC2CC(C3CCCCC3)=NO2)s1. The van der Waals surface area contributed by atoms with E-state index in [2.05, 4.69) is 15.4 Å². The molecule has 1 atom stereocenters. The molecule has 1 aliphatic carbocycles. The summed E-state index contributed by atoms with van der Waals surface area (Å²) in [6, 6.07) is 0. The van der Waals surface area contributed by atoms with Gasteiger partial charge in [-0.3, -0.25) is 0 Å². The first-order valence-electron chi connectivity index (χ1n) is 7.08. The van der Waals surface area contributed by atoms with Crippen molar-refractivity contribution in [3.05, 3.63) is 0 Å². The van der Waals surface area contributed by atoms with Gasteiger partial charge in [0.05, 0.1) is 5.71 Å². The number of nitrogens with zero attached hydrogens (tertiary/aromatic N) is 3. The van der Waals surface area contributed by atoms with Crippen molar-refractivity contribution < 1.29 is 4.84 Å². The minimum Gasteiger partial charge on any atom is -0.391 e. The molecule has 2 heterocycles. The van der Waals surface area contributed by atoms with E-state index < -0.39 is 0 Å². The fourth-order valence-electron chi connectivity index (χ4n) is 2.72. The van der Waals surface area contributed by atoms with Crippen LogP contribution in [0.15, 0.2) is 13.8 Å². The largest absolute Gasteiger partial charge is 0.391 e. The Morgan fingerprint density at radius 3 is 2.75 bits per heavy atom. The number of hydrogen-bond donors (Lipinski definition) is 0. The van der Waals surface area contributed by atoms with Crippen LogP contribution < -0.4 is 0 Å². The molecule has 0 spiro atoms. The molecule has 0 saturated heterocycles. The molecule has 0 aromatic carbocycles. The Hall–Kier alpha value is -0.270. The summed E-state index contributed by atoms with van der Waals surface area (Å²) >= 11 is 5.04. The quantitative estimate of drug-likeness (QED) is 0.762. The summed E-state index contributed by atoms with van der Waals surface area (Å²) in [6.45, 7) is 0. The lowest BCUT2D eigenvalue weighted by atomic mass is 9.84. The van der Waals surface area contributed by atoms with Crippen molar-refractivity contribution in [3.8, 4) is 0 Å². The van der Waals surface area contributed by atoms with Gasteiger partial charge in [0.1, 0.15) is 6.10 Å². The second-order valence-corrected chi connectivity index (χ2v) is 8.50. The second kappa shape index (κ2) is 7.13. The van der Waals surface area contributed by atoms with Crippen LogP contribution in [0.2, 0.25) is 0 Å². The maximum atomic E-state index is 5.59. The van der Waals surface area contributed by atoms with Gasteiger partial charge in [0.25, 0.3) is 0 Å². The van der Waals surface area contributed by atoms with Gasteiger partial charge >= 0.3 is 0 Å². The van der Waals surface area contributed by atoms with Crippen LogP contribution in [0.5, 0.6) is 0 Å². The molecule has 20 heavy (non-hydrogen) atoms. The monoisotopic (exact) mass is 329 g/mol. The summed E-state index contributed by atoms with van der Waals surface area (Å²) in [7, 11) is 0. The highest BCUT2D eigenvalue weighted by Crippen LogP contribution is 2.32. The molecule has 0 amide bonds. The highest BCUT2D eigenvalue weighted by Gasteiger charge is 2.28. The van der Waals surface area contributed by atoms with Gasteiger partial charge in [-0.2, -0.15) is 0 Å². The zero-order valence-electron chi connectivity index (χ0n) is 11.6. The van der Waals surface area contributed by atoms with Crippen LogP contribution >= 0.6 is 34.9 Å². The lowest BCUT2D eigenvalue weighted by Gasteiger charge is -2.20. The normalized spacial score (nSPS) is 23.6. The van der Waals surface area contributed by atoms with Gasteiger partial charge in [-0.05, 0) is 19.1 Å². The van der Waals surface area contributed by atoms with Gasteiger partial charge in [-0.1, -0.05) is 59.3 Å². The molecule has 7 heteroatoms. The van der Waals surface area contributed by atoms with E-state index >= 15 is 0 Å². The van der Waals surface area contributed by atoms with Crippen LogP contribution in [0.3, 0.4) is 0 Å². The number of hydrogen-bond acceptors (Lipinski definition) is 7. The molecule has 2 aliphatic rings. The number of thioether (sulfide) groups is 2. The highest BCUT2D eigenvalue weighted by molar-refractivity contribution is 8.03. The number of aromatic nitrogens is 2. The van der Waals surface area contributed by atoms with Crippen molar-refractivity contribution in [3.63, 3.8) is 0 Å². The van der Waals surface area contributed by atoms with E-state index in [0.29, 0.717) is 5.92 Å². The van der Waals surface area contributed by atoms with Crippen molar-refractivity contribution in [2.24, 2.45) is 11.1 Å². The maximum absolute atomic E-state index is 5.59. The molecule has 4 nitrogen and oxygen atoms in total. The van der Waals surface area contributed by atoms with Crippen LogP contribution in [0.4, 0.5) is 0 Å². The molecular formula is C13H19N3OS3. The Labute approximate surface area is 132 Å². The maximum Gasteiger partial charge on any atom is 0.175 e. The minimum absolute atomic E-state index is 0.221. The van der Waals surface area contributed by atoms with E-state index in [1.54, 1.807) is 34.9 Å². The zero-order valence-corrected chi connectivity index (χ0v) is 14.0. The number of rotatable bonds is 5. The van der Waals surface area contributed by atoms with Crippen molar-refractivity contribution in [2.75, 3.05) is 12.0 Å². The molecular weight excluding hydrogens is 310 g/mol. The van der Waals surface area contributed by atoms with Crippen LogP contribution in [-0.4, -0.2) is 34.0 Å². The van der Waals surface area contributed by atoms with Gasteiger partial charge in [0.2, 0.25) is 0 Å². The van der Waals surface area contributed by atoms with Crippen molar-refractivity contribution in [2.45, 2.75) is 53.3 Å². The Kier molecular flexibility index (Phi) is 5.23. The predicted octanol–water partition coefficient (Wildman–Crippen LogP) is 4.08. The summed E-state index contributed by atoms with van der Waals surface area (Å²) < 4.78 is 2.06. The van der Waals surface area contributed by atoms with E-state index in [1.807, 2.05) is 6.26 Å². The molecule has 0 N–H and O–H groups in total. The Balaban J connectivity index is 1.44. The second-order valence-electron chi connectivity index (χ2n) is 5.20. The van der Waals surface area contributed by atoms with Crippen LogP contribution in [-0.2, 0) is 4.84 Å². The summed E-state index contributed by atoms with van der Waals surface area (Å²) in [5.41, 5.74) is 1.30. The van der Waals surface area contributed by atoms with E-state index in [1.165, 1.54) is 37.8 Å². The zero-order chi connectivity index (χ0) is 13.8. The summed E-state index contributed by atoms with van der Waals surface area (Å²) in [4.78, 5) is 5.59. The Morgan fingerprint density at radius 2 is 2.00 bits per heavy atom.